The van der Waals surface area contributed by atoms with Gasteiger partial charge in [-0.15, -0.1) is 0 Å². The Morgan fingerprint density at radius 3 is 2.50 bits per heavy atom. The highest BCUT2D eigenvalue weighted by Crippen LogP contribution is 2.54. The van der Waals surface area contributed by atoms with Gasteiger partial charge in [0.05, 0.1) is 0 Å². The van der Waals surface area contributed by atoms with Crippen molar-refractivity contribution in [1.82, 2.24) is 5.32 Å². The van der Waals surface area contributed by atoms with Gasteiger partial charge in [0, 0.05) is 12.3 Å². The maximum atomic E-state index is 12.2. The number of imide groups is 1. The second kappa shape index (κ2) is 4.67. The van der Waals surface area contributed by atoms with Crippen molar-refractivity contribution in [2.75, 3.05) is 0 Å². The van der Waals surface area contributed by atoms with Crippen molar-refractivity contribution < 1.29 is 9.59 Å². The molecule has 1 saturated heterocycles. The van der Waals surface area contributed by atoms with Crippen LogP contribution in [-0.2, 0) is 9.59 Å². The fraction of sp³-hybridized carbons (Fsp3) is 0.867. The van der Waals surface area contributed by atoms with Crippen molar-refractivity contribution in [1.29, 1.82) is 0 Å². The van der Waals surface area contributed by atoms with Crippen LogP contribution in [-0.4, -0.2) is 11.8 Å². The lowest BCUT2D eigenvalue weighted by atomic mass is 9.53. The highest BCUT2D eigenvalue weighted by atomic mass is 16.2. The van der Waals surface area contributed by atoms with E-state index in [9.17, 15) is 9.59 Å². The van der Waals surface area contributed by atoms with Crippen LogP contribution in [0.3, 0.4) is 0 Å². The number of hydrogen-bond donors (Lipinski definition) is 1. The summed E-state index contributed by atoms with van der Waals surface area (Å²) in [6.45, 7) is 8.72. The minimum Gasteiger partial charge on any atom is -0.296 e. The molecule has 1 aliphatic heterocycles. The predicted octanol–water partition coefficient (Wildman–Crippen LogP) is 2.75. The number of carbonyl (C=O) groups is 2. The number of hydrogen-bond acceptors (Lipinski definition) is 2. The van der Waals surface area contributed by atoms with Crippen LogP contribution in [0.1, 0.15) is 53.4 Å². The van der Waals surface area contributed by atoms with E-state index in [0.717, 1.165) is 25.2 Å². The van der Waals surface area contributed by atoms with Crippen LogP contribution in [0.4, 0.5) is 0 Å². The molecule has 2 aliphatic rings. The SMILES string of the molecule is CC1CCC2(CC(=O)NC(=O)C2C(C)C)C(C)C1. The van der Waals surface area contributed by atoms with Crippen LogP contribution in [0.5, 0.6) is 0 Å². The molecular weight excluding hydrogens is 226 g/mol. The molecule has 4 atom stereocenters. The Morgan fingerprint density at radius 1 is 1.28 bits per heavy atom. The molecule has 1 spiro atoms. The first-order valence-electron chi connectivity index (χ1n) is 7.20. The third kappa shape index (κ3) is 2.08. The zero-order valence-corrected chi connectivity index (χ0v) is 12.0. The molecule has 2 rings (SSSR count). The van der Waals surface area contributed by atoms with E-state index in [4.69, 9.17) is 0 Å². The topological polar surface area (TPSA) is 46.2 Å². The Labute approximate surface area is 110 Å². The van der Waals surface area contributed by atoms with Gasteiger partial charge in [-0.1, -0.05) is 34.1 Å². The van der Waals surface area contributed by atoms with Gasteiger partial charge in [-0.25, -0.2) is 0 Å². The molecule has 3 heteroatoms. The Hall–Kier alpha value is -0.860. The van der Waals surface area contributed by atoms with E-state index in [-0.39, 0.29) is 23.1 Å². The molecule has 1 saturated carbocycles. The summed E-state index contributed by atoms with van der Waals surface area (Å²) >= 11 is 0. The fourth-order valence-electron chi connectivity index (χ4n) is 4.34. The van der Waals surface area contributed by atoms with Crippen LogP contribution in [0.2, 0.25) is 0 Å². The van der Waals surface area contributed by atoms with Gasteiger partial charge in [0.15, 0.2) is 0 Å². The quantitative estimate of drug-likeness (QED) is 0.728. The first-order valence-corrected chi connectivity index (χ1v) is 7.20. The summed E-state index contributed by atoms with van der Waals surface area (Å²) in [5, 5.41) is 2.54. The van der Waals surface area contributed by atoms with Crippen molar-refractivity contribution in [3.8, 4) is 0 Å². The van der Waals surface area contributed by atoms with E-state index in [2.05, 4.69) is 33.0 Å². The Balaban J connectivity index is 2.36. The largest absolute Gasteiger partial charge is 0.296 e. The molecule has 3 nitrogen and oxygen atoms in total. The van der Waals surface area contributed by atoms with Gasteiger partial charge in [-0.3, -0.25) is 14.9 Å². The minimum absolute atomic E-state index is 0.00213. The van der Waals surface area contributed by atoms with Crippen molar-refractivity contribution in [2.24, 2.45) is 29.1 Å². The maximum absolute atomic E-state index is 12.2. The molecule has 1 aliphatic carbocycles. The predicted molar refractivity (Wildman–Crippen MR) is 70.7 cm³/mol. The monoisotopic (exact) mass is 251 g/mol. The average Bonchev–Trinajstić information content (AvgIpc) is 2.22. The van der Waals surface area contributed by atoms with E-state index >= 15 is 0 Å². The normalized spacial score (nSPS) is 41.3. The van der Waals surface area contributed by atoms with E-state index in [1.165, 1.54) is 0 Å². The van der Waals surface area contributed by atoms with Crippen molar-refractivity contribution in [3.63, 3.8) is 0 Å². The summed E-state index contributed by atoms with van der Waals surface area (Å²) in [5.41, 5.74) is -0.0832. The lowest BCUT2D eigenvalue weighted by molar-refractivity contribution is -0.152. The lowest BCUT2D eigenvalue weighted by Crippen LogP contribution is -2.57. The molecule has 0 aromatic carbocycles. The molecule has 4 unspecified atom stereocenters. The fourth-order valence-corrected chi connectivity index (χ4v) is 4.34. The molecule has 18 heavy (non-hydrogen) atoms. The van der Waals surface area contributed by atoms with Gasteiger partial charge in [-0.05, 0) is 36.0 Å². The molecule has 0 bridgehead atoms. The molecular formula is C15H25NO2. The third-order valence-corrected chi connectivity index (χ3v) is 5.16. The zero-order chi connectivity index (χ0) is 13.5. The zero-order valence-electron chi connectivity index (χ0n) is 12.0. The highest BCUT2D eigenvalue weighted by Gasteiger charge is 2.53. The second-order valence-electron chi connectivity index (χ2n) is 6.82. The van der Waals surface area contributed by atoms with E-state index in [1.54, 1.807) is 0 Å². The first-order chi connectivity index (χ1) is 8.36. The number of rotatable bonds is 1. The highest BCUT2D eigenvalue weighted by molar-refractivity contribution is 5.99. The summed E-state index contributed by atoms with van der Waals surface area (Å²) < 4.78 is 0. The second-order valence-corrected chi connectivity index (χ2v) is 6.82. The Morgan fingerprint density at radius 2 is 1.94 bits per heavy atom. The average molecular weight is 251 g/mol. The smallest absolute Gasteiger partial charge is 0.230 e. The molecule has 1 heterocycles. The molecule has 102 valence electrons. The van der Waals surface area contributed by atoms with Crippen LogP contribution in [0.25, 0.3) is 0 Å². The van der Waals surface area contributed by atoms with Gasteiger partial charge < -0.3 is 0 Å². The molecule has 2 fully saturated rings. The number of amides is 2. The summed E-state index contributed by atoms with van der Waals surface area (Å²) in [6.07, 6.45) is 3.85. The number of carbonyl (C=O) groups excluding carboxylic acids is 2. The maximum Gasteiger partial charge on any atom is 0.230 e. The standard InChI is InChI=1S/C15H25NO2/c1-9(2)13-14(18)16-12(17)8-15(13)6-5-10(3)7-11(15)4/h9-11,13H,5-8H2,1-4H3,(H,16,17,18). The van der Waals surface area contributed by atoms with Gasteiger partial charge in [0.2, 0.25) is 11.8 Å². The molecule has 2 amide bonds. The van der Waals surface area contributed by atoms with Crippen molar-refractivity contribution in [3.05, 3.63) is 0 Å². The van der Waals surface area contributed by atoms with Crippen molar-refractivity contribution in [2.45, 2.75) is 53.4 Å². The third-order valence-electron chi connectivity index (χ3n) is 5.16. The van der Waals surface area contributed by atoms with Crippen LogP contribution >= 0.6 is 0 Å². The van der Waals surface area contributed by atoms with Gasteiger partial charge in [0.1, 0.15) is 0 Å². The van der Waals surface area contributed by atoms with Crippen molar-refractivity contribution >= 4 is 11.8 Å². The number of nitrogens with one attached hydrogen (secondary N) is 1. The Bertz CT molecular complexity index is 364. The molecule has 0 radical (unpaired) electrons. The molecule has 0 aromatic heterocycles. The summed E-state index contributed by atoms with van der Waals surface area (Å²) in [5.74, 6) is 1.37. The first kappa shape index (κ1) is 13.6. The lowest BCUT2D eigenvalue weighted by Gasteiger charge is -2.52. The molecule has 0 aromatic rings. The van der Waals surface area contributed by atoms with Crippen LogP contribution < -0.4 is 5.32 Å². The van der Waals surface area contributed by atoms with Gasteiger partial charge >= 0.3 is 0 Å². The Kier molecular flexibility index (Phi) is 3.52. The number of piperidine rings is 1. The van der Waals surface area contributed by atoms with E-state index in [1.807, 2.05) is 0 Å². The summed E-state index contributed by atoms with van der Waals surface area (Å²) in [4.78, 5) is 24.0. The van der Waals surface area contributed by atoms with Crippen LogP contribution in [0.15, 0.2) is 0 Å². The van der Waals surface area contributed by atoms with E-state index in [0.29, 0.717) is 18.3 Å². The van der Waals surface area contributed by atoms with Gasteiger partial charge in [-0.2, -0.15) is 0 Å². The molecule has 1 N–H and O–H groups in total. The summed E-state index contributed by atoms with van der Waals surface area (Å²) in [6, 6.07) is 0. The summed E-state index contributed by atoms with van der Waals surface area (Å²) in [7, 11) is 0. The van der Waals surface area contributed by atoms with Crippen LogP contribution in [0, 0.1) is 29.1 Å². The van der Waals surface area contributed by atoms with Gasteiger partial charge in [0.25, 0.3) is 0 Å². The van der Waals surface area contributed by atoms with E-state index < -0.39 is 0 Å². The minimum atomic E-state index is -0.0832.